The number of aryl methyl sites for hydroxylation is 2. The zero-order valence-electron chi connectivity index (χ0n) is 21.0. The standard InChI is InChI=1S/C31H31N3O2/c1-4-22-7-13-28(14-8-22)34-18-17-26-19-25(27-20-32-33(2)21-27)12-15-29(26)31(34)24-10-5-23(6-11-24)9-16-30(35)36-3/h5-16,19-21,31H,4,17-18H2,1-3H3/b16-9+. The molecule has 182 valence electrons. The molecule has 3 aromatic carbocycles. The predicted octanol–water partition coefficient (Wildman–Crippen LogP) is 5.99. The lowest BCUT2D eigenvalue weighted by atomic mass is 9.86. The Morgan fingerprint density at radius 2 is 1.83 bits per heavy atom. The zero-order chi connectivity index (χ0) is 25.1. The Morgan fingerprint density at radius 3 is 2.50 bits per heavy atom. The number of fused-ring (bicyclic) bond motifs is 1. The Bertz CT molecular complexity index is 1380. The topological polar surface area (TPSA) is 47.4 Å². The fraction of sp³-hybridized carbons (Fsp3) is 0.226. The number of esters is 1. The summed E-state index contributed by atoms with van der Waals surface area (Å²) in [7, 11) is 3.33. The molecule has 1 aromatic heterocycles. The molecule has 5 heteroatoms. The first kappa shape index (κ1) is 23.6. The van der Waals surface area contributed by atoms with Crippen LogP contribution in [0.4, 0.5) is 5.69 Å². The van der Waals surface area contributed by atoms with Crippen LogP contribution in [0.2, 0.25) is 0 Å². The smallest absolute Gasteiger partial charge is 0.330 e. The minimum Gasteiger partial charge on any atom is -0.466 e. The maximum Gasteiger partial charge on any atom is 0.330 e. The highest BCUT2D eigenvalue weighted by Gasteiger charge is 2.29. The van der Waals surface area contributed by atoms with Crippen LogP contribution in [0, 0.1) is 0 Å². The molecule has 0 saturated heterocycles. The molecule has 0 saturated carbocycles. The summed E-state index contributed by atoms with van der Waals surface area (Å²) in [5.41, 5.74) is 9.79. The van der Waals surface area contributed by atoms with E-state index in [1.807, 2.05) is 17.9 Å². The van der Waals surface area contributed by atoms with Crippen molar-refractivity contribution in [1.82, 2.24) is 9.78 Å². The normalized spacial score (nSPS) is 15.2. The zero-order valence-corrected chi connectivity index (χ0v) is 21.0. The van der Waals surface area contributed by atoms with Gasteiger partial charge in [-0.25, -0.2) is 4.79 Å². The number of anilines is 1. The van der Waals surface area contributed by atoms with Gasteiger partial charge in [-0.15, -0.1) is 0 Å². The minimum atomic E-state index is -0.355. The number of methoxy groups -OCH3 is 1. The molecule has 1 atom stereocenters. The second-order valence-electron chi connectivity index (χ2n) is 9.21. The van der Waals surface area contributed by atoms with Crippen molar-refractivity contribution >= 4 is 17.7 Å². The van der Waals surface area contributed by atoms with Crippen molar-refractivity contribution in [2.45, 2.75) is 25.8 Å². The molecule has 0 fully saturated rings. The number of carbonyl (C=O) groups is 1. The molecule has 1 aliphatic rings. The largest absolute Gasteiger partial charge is 0.466 e. The Labute approximate surface area is 212 Å². The van der Waals surface area contributed by atoms with E-state index >= 15 is 0 Å². The van der Waals surface area contributed by atoms with Crippen LogP contribution in [0.1, 0.15) is 40.8 Å². The summed E-state index contributed by atoms with van der Waals surface area (Å²) in [5, 5.41) is 4.35. The highest BCUT2D eigenvalue weighted by atomic mass is 16.5. The van der Waals surface area contributed by atoms with Gasteiger partial charge in [-0.2, -0.15) is 5.10 Å². The van der Waals surface area contributed by atoms with Crippen LogP contribution in [-0.4, -0.2) is 29.4 Å². The monoisotopic (exact) mass is 477 g/mol. The Hall–Kier alpha value is -4.12. The van der Waals surface area contributed by atoms with Gasteiger partial charge in [0.15, 0.2) is 0 Å². The van der Waals surface area contributed by atoms with Crippen molar-refractivity contribution in [3.05, 3.63) is 113 Å². The fourth-order valence-electron chi connectivity index (χ4n) is 4.96. The molecular weight excluding hydrogens is 446 g/mol. The first-order valence-electron chi connectivity index (χ1n) is 12.4. The quantitative estimate of drug-likeness (QED) is 0.253. The van der Waals surface area contributed by atoms with Gasteiger partial charge in [-0.1, -0.05) is 61.5 Å². The Morgan fingerprint density at radius 1 is 1.06 bits per heavy atom. The van der Waals surface area contributed by atoms with E-state index in [2.05, 4.69) is 89.8 Å². The lowest BCUT2D eigenvalue weighted by Crippen LogP contribution is -2.36. The summed E-state index contributed by atoms with van der Waals surface area (Å²) < 4.78 is 6.56. The van der Waals surface area contributed by atoms with Crippen molar-refractivity contribution in [2.24, 2.45) is 7.05 Å². The Kier molecular flexibility index (Phi) is 6.72. The van der Waals surface area contributed by atoms with E-state index in [0.717, 1.165) is 30.5 Å². The van der Waals surface area contributed by atoms with Gasteiger partial charge in [0.2, 0.25) is 0 Å². The van der Waals surface area contributed by atoms with Gasteiger partial charge in [0.05, 0.1) is 19.3 Å². The Balaban J connectivity index is 1.54. The van der Waals surface area contributed by atoms with Crippen LogP contribution in [0.25, 0.3) is 17.2 Å². The van der Waals surface area contributed by atoms with E-state index < -0.39 is 0 Å². The molecule has 0 N–H and O–H groups in total. The van der Waals surface area contributed by atoms with Crippen molar-refractivity contribution in [3.8, 4) is 11.1 Å². The number of carbonyl (C=O) groups excluding carboxylic acids is 1. The van der Waals surface area contributed by atoms with Crippen LogP contribution in [0.15, 0.2) is 85.2 Å². The van der Waals surface area contributed by atoms with E-state index in [-0.39, 0.29) is 12.0 Å². The number of hydrogen-bond donors (Lipinski definition) is 0. The number of aromatic nitrogens is 2. The van der Waals surface area contributed by atoms with E-state index in [9.17, 15) is 4.79 Å². The number of hydrogen-bond acceptors (Lipinski definition) is 4. The first-order chi connectivity index (χ1) is 17.6. The van der Waals surface area contributed by atoms with Gasteiger partial charge in [-0.05, 0) is 64.4 Å². The summed E-state index contributed by atoms with van der Waals surface area (Å²) in [4.78, 5) is 14.0. The molecule has 4 aromatic rings. The average molecular weight is 478 g/mol. The van der Waals surface area contributed by atoms with Gasteiger partial charge in [-0.3, -0.25) is 4.68 Å². The van der Waals surface area contributed by atoms with Gasteiger partial charge in [0.1, 0.15) is 0 Å². The third-order valence-corrected chi connectivity index (χ3v) is 6.95. The molecule has 0 bridgehead atoms. The van der Waals surface area contributed by atoms with Crippen LogP contribution < -0.4 is 4.90 Å². The van der Waals surface area contributed by atoms with Gasteiger partial charge >= 0.3 is 5.97 Å². The van der Waals surface area contributed by atoms with Crippen LogP contribution in [0.5, 0.6) is 0 Å². The molecule has 1 unspecified atom stereocenters. The van der Waals surface area contributed by atoms with Crippen molar-refractivity contribution < 1.29 is 9.53 Å². The van der Waals surface area contributed by atoms with Crippen molar-refractivity contribution in [2.75, 3.05) is 18.6 Å². The number of ether oxygens (including phenoxy) is 1. The fourth-order valence-corrected chi connectivity index (χ4v) is 4.96. The second-order valence-corrected chi connectivity index (χ2v) is 9.21. The molecule has 5 rings (SSSR count). The van der Waals surface area contributed by atoms with E-state index in [4.69, 9.17) is 4.74 Å². The van der Waals surface area contributed by atoms with Crippen LogP contribution in [0.3, 0.4) is 0 Å². The van der Waals surface area contributed by atoms with Gasteiger partial charge < -0.3 is 9.64 Å². The highest BCUT2D eigenvalue weighted by molar-refractivity contribution is 5.86. The second kappa shape index (κ2) is 10.2. The maximum atomic E-state index is 11.5. The van der Waals surface area contributed by atoms with E-state index in [1.54, 1.807) is 6.08 Å². The summed E-state index contributed by atoms with van der Waals surface area (Å²) >= 11 is 0. The summed E-state index contributed by atoms with van der Waals surface area (Å²) in [6, 6.07) is 24.3. The van der Waals surface area contributed by atoms with E-state index in [0.29, 0.717) is 0 Å². The molecule has 36 heavy (non-hydrogen) atoms. The molecule has 0 spiro atoms. The summed E-state index contributed by atoms with van der Waals surface area (Å²) in [6.07, 6.45) is 9.23. The molecule has 0 amide bonds. The molecule has 5 nitrogen and oxygen atoms in total. The third kappa shape index (κ3) is 4.82. The number of rotatable bonds is 6. The molecule has 2 heterocycles. The summed E-state index contributed by atoms with van der Waals surface area (Å²) in [5.74, 6) is -0.355. The van der Waals surface area contributed by atoms with Crippen molar-refractivity contribution in [3.63, 3.8) is 0 Å². The molecule has 1 aliphatic heterocycles. The van der Waals surface area contributed by atoms with E-state index in [1.165, 1.54) is 46.7 Å². The average Bonchev–Trinajstić information content (AvgIpc) is 3.37. The van der Waals surface area contributed by atoms with Crippen LogP contribution in [-0.2, 0) is 29.4 Å². The SMILES string of the molecule is CCc1ccc(N2CCc3cc(-c4cnn(C)c4)ccc3C2c2ccc(/C=C/C(=O)OC)cc2)cc1. The first-order valence-corrected chi connectivity index (χ1v) is 12.4. The lowest BCUT2D eigenvalue weighted by molar-refractivity contribution is -0.134. The summed E-state index contributed by atoms with van der Waals surface area (Å²) in [6.45, 7) is 3.12. The molecule has 0 radical (unpaired) electrons. The highest BCUT2D eigenvalue weighted by Crippen LogP contribution is 2.40. The number of benzene rings is 3. The maximum absolute atomic E-state index is 11.5. The minimum absolute atomic E-state index is 0.0998. The predicted molar refractivity (Wildman–Crippen MR) is 145 cm³/mol. The third-order valence-electron chi connectivity index (χ3n) is 6.95. The van der Waals surface area contributed by atoms with Crippen molar-refractivity contribution in [1.29, 1.82) is 0 Å². The lowest BCUT2D eigenvalue weighted by Gasteiger charge is -2.40. The van der Waals surface area contributed by atoms with Crippen LogP contribution >= 0.6 is 0 Å². The van der Waals surface area contributed by atoms with Gasteiger partial charge in [0.25, 0.3) is 0 Å². The number of nitrogens with zero attached hydrogens (tertiary/aromatic N) is 3. The van der Waals surface area contributed by atoms with Gasteiger partial charge in [0, 0.05) is 37.1 Å². The molecule has 0 aliphatic carbocycles. The molecular formula is C31H31N3O2.